The van der Waals surface area contributed by atoms with E-state index in [1.807, 2.05) is 0 Å². The number of nitrogens with two attached hydrogens (primary N) is 2. The molecule has 0 radical (unpaired) electrons. The quantitative estimate of drug-likeness (QED) is 0.0117. The van der Waals surface area contributed by atoms with E-state index in [2.05, 4.69) is 32.4 Å². The van der Waals surface area contributed by atoms with Gasteiger partial charge in [-0.05, 0) is 32.7 Å². The number of carboxylic acid groups (broad SMARTS) is 3. The molecule has 0 bridgehead atoms. The molecule has 0 aromatic rings. The number of aliphatic carboxylic acids is 3. The molecule has 3 amide bonds. The maximum absolute atomic E-state index is 12.6. The third-order valence-corrected chi connectivity index (χ3v) is 10.1. The number of amides is 3. The van der Waals surface area contributed by atoms with Crippen LogP contribution >= 0.6 is 0 Å². The number of carbonyl (C=O) groups excluding carboxylic acids is 4. The van der Waals surface area contributed by atoms with Crippen molar-refractivity contribution in [2.45, 2.75) is 56.7 Å². The van der Waals surface area contributed by atoms with Crippen LogP contribution in [0.2, 0.25) is 0 Å². The van der Waals surface area contributed by atoms with Gasteiger partial charge in [-0.25, -0.2) is 11.0 Å². The van der Waals surface area contributed by atoms with Crippen LogP contribution in [0.5, 0.6) is 0 Å². The van der Waals surface area contributed by atoms with Crippen molar-refractivity contribution >= 4 is 41.9 Å². The second-order valence-electron chi connectivity index (χ2n) is 15.9. The van der Waals surface area contributed by atoms with Gasteiger partial charge in [0.1, 0.15) is 31.8 Å². The standard InChI is InChI=1S/C41H79N11O18/c1-41(52(15-16-53)27-38(58)59)29-50(26-37(56)57)13-14-51(30-41)34(40(61)62)5-6-35(54)45-9-18-63-22-24-65-28-36(55)46-10-19-64-23-25-66-32-67-31-44-8-3-2-4-33(39(43)60)49-70-21-12-48-69-20-11-47-68-17-7-42/h16,33-34,44,47-49H,2-15,17-32,42H2,1H3,(H2,43,60)(H,45,54)(H,46,55)(H,56,57)(H,58,59)(H,61,62). The van der Waals surface area contributed by atoms with Crippen LogP contribution in [0.4, 0.5) is 0 Å². The Morgan fingerprint density at radius 2 is 1.39 bits per heavy atom. The summed E-state index contributed by atoms with van der Waals surface area (Å²) in [6.45, 7) is 5.74. The van der Waals surface area contributed by atoms with Gasteiger partial charge in [0.2, 0.25) is 17.7 Å². The number of aldehydes is 1. The first-order chi connectivity index (χ1) is 33.7. The predicted molar refractivity (Wildman–Crippen MR) is 246 cm³/mol. The summed E-state index contributed by atoms with van der Waals surface area (Å²) >= 11 is 0. The van der Waals surface area contributed by atoms with Crippen LogP contribution in [0.25, 0.3) is 0 Å². The molecule has 1 rings (SSSR count). The first-order valence-electron chi connectivity index (χ1n) is 23.2. The molecule has 29 heteroatoms. The van der Waals surface area contributed by atoms with Gasteiger partial charge in [0.15, 0.2) is 0 Å². The molecule has 1 aliphatic heterocycles. The Morgan fingerprint density at radius 1 is 0.729 bits per heavy atom. The van der Waals surface area contributed by atoms with Crippen molar-refractivity contribution < 1.29 is 87.1 Å². The lowest BCUT2D eigenvalue weighted by atomic mass is 9.96. The van der Waals surface area contributed by atoms with Crippen molar-refractivity contribution in [3.05, 3.63) is 0 Å². The zero-order chi connectivity index (χ0) is 51.7. The summed E-state index contributed by atoms with van der Waals surface area (Å²) < 4.78 is 26.9. The van der Waals surface area contributed by atoms with Gasteiger partial charge in [-0.15, -0.1) is 0 Å². The molecule has 29 nitrogen and oxygen atoms in total. The molecule has 0 aromatic carbocycles. The number of unbranched alkanes of at least 4 members (excludes halogenated alkanes) is 1. The van der Waals surface area contributed by atoms with Crippen molar-refractivity contribution in [2.75, 3.05) is 165 Å². The fourth-order valence-electron chi connectivity index (χ4n) is 6.77. The van der Waals surface area contributed by atoms with Crippen molar-refractivity contribution in [1.29, 1.82) is 0 Å². The van der Waals surface area contributed by atoms with Crippen LogP contribution < -0.4 is 43.9 Å². The molecular formula is C41H79N11O18. The first kappa shape index (κ1) is 63.9. The van der Waals surface area contributed by atoms with Gasteiger partial charge in [0, 0.05) is 70.9 Å². The van der Waals surface area contributed by atoms with E-state index in [9.17, 15) is 48.9 Å². The predicted octanol–water partition coefficient (Wildman–Crippen LogP) is -5.37. The number of nitrogens with zero attached hydrogens (tertiary/aromatic N) is 3. The highest BCUT2D eigenvalue weighted by Gasteiger charge is 2.42. The second kappa shape index (κ2) is 41.5. The average Bonchev–Trinajstić information content (AvgIpc) is 3.47. The molecule has 0 saturated carbocycles. The Balaban J connectivity index is 2.07. The van der Waals surface area contributed by atoms with Crippen LogP contribution in [0, 0.1) is 0 Å². The average molecular weight is 1010 g/mol. The number of nitrogens with one attached hydrogen (secondary N) is 6. The number of ether oxygens (including phenoxy) is 5. The summed E-state index contributed by atoms with van der Waals surface area (Å²) in [6.07, 6.45) is 2.32. The lowest BCUT2D eigenvalue weighted by Crippen LogP contribution is -2.60. The number of hydrogen-bond acceptors (Lipinski definition) is 23. The smallest absolute Gasteiger partial charge is 0.320 e. The Kier molecular flexibility index (Phi) is 37.8. The van der Waals surface area contributed by atoms with Crippen LogP contribution in [-0.4, -0.2) is 254 Å². The monoisotopic (exact) mass is 1010 g/mol. The van der Waals surface area contributed by atoms with Gasteiger partial charge in [-0.1, -0.05) is 6.42 Å². The van der Waals surface area contributed by atoms with Crippen molar-refractivity contribution in [1.82, 2.24) is 47.1 Å². The zero-order valence-corrected chi connectivity index (χ0v) is 40.4. The number of hydroxylamine groups is 3. The molecule has 1 saturated heterocycles. The largest absolute Gasteiger partial charge is 0.480 e. The molecule has 70 heavy (non-hydrogen) atoms. The minimum atomic E-state index is -1.20. The Hall–Kier alpha value is -4.15. The van der Waals surface area contributed by atoms with E-state index in [1.165, 1.54) is 4.90 Å². The Morgan fingerprint density at radius 3 is 2.03 bits per heavy atom. The summed E-state index contributed by atoms with van der Waals surface area (Å²) in [5.74, 6) is -4.78. The number of primary amides is 1. The maximum Gasteiger partial charge on any atom is 0.320 e. The lowest BCUT2D eigenvalue weighted by molar-refractivity contribution is -0.146. The number of hydrogen-bond donors (Lipinski definition) is 11. The zero-order valence-electron chi connectivity index (χ0n) is 40.4. The summed E-state index contributed by atoms with van der Waals surface area (Å²) in [5.41, 5.74) is 17.8. The van der Waals surface area contributed by atoms with E-state index in [4.69, 9.17) is 49.7 Å². The third-order valence-electron chi connectivity index (χ3n) is 10.1. The molecule has 13 N–H and O–H groups in total. The highest BCUT2D eigenvalue weighted by Crippen LogP contribution is 2.24. The summed E-state index contributed by atoms with van der Waals surface area (Å²) in [6, 6.07) is -1.77. The topological polar surface area (TPSA) is 388 Å². The number of rotatable bonds is 48. The van der Waals surface area contributed by atoms with Gasteiger partial charge in [-0.2, -0.15) is 5.48 Å². The molecule has 0 aliphatic carbocycles. The highest BCUT2D eigenvalue weighted by molar-refractivity contribution is 5.80. The Bertz CT molecular complexity index is 1460. The van der Waals surface area contributed by atoms with Gasteiger partial charge < -0.3 is 75.6 Å². The van der Waals surface area contributed by atoms with E-state index in [-0.39, 0.29) is 124 Å². The number of carboxylic acids is 3. The first-order valence-corrected chi connectivity index (χ1v) is 23.2. The minimum Gasteiger partial charge on any atom is -0.480 e. The van der Waals surface area contributed by atoms with Gasteiger partial charge in [0.05, 0.1) is 85.8 Å². The van der Waals surface area contributed by atoms with Crippen LogP contribution in [0.1, 0.15) is 39.0 Å². The fraction of sp³-hybridized carbons (Fsp3) is 0.829. The summed E-state index contributed by atoms with van der Waals surface area (Å²) in [4.78, 5) is 103. The lowest BCUT2D eigenvalue weighted by Gasteiger charge is -2.43. The number of carbonyl (C=O) groups is 7. The van der Waals surface area contributed by atoms with E-state index in [1.54, 1.807) is 16.7 Å². The van der Waals surface area contributed by atoms with Gasteiger partial charge in [0.25, 0.3) is 0 Å². The molecule has 1 heterocycles. The second-order valence-corrected chi connectivity index (χ2v) is 15.9. The Labute approximate surface area is 408 Å². The van der Waals surface area contributed by atoms with E-state index < -0.39 is 53.9 Å². The van der Waals surface area contributed by atoms with Gasteiger partial charge >= 0.3 is 17.9 Å². The molecule has 0 spiro atoms. The summed E-state index contributed by atoms with van der Waals surface area (Å²) in [7, 11) is 0. The van der Waals surface area contributed by atoms with Crippen molar-refractivity contribution in [2.24, 2.45) is 11.5 Å². The summed E-state index contributed by atoms with van der Waals surface area (Å²) in [5, 5.41) is 37.4. The van der Waals surface area contributed by atoms with E-state index in [0.29, 0.717) is 65.3 Å². The molecule has 3 unspecified atom stereocenters. The van der Waals surface area contributed by atoms with Crippen molar-refractivity contribution in [3.63, 3.8) is 0 Å². The van der Waals surface area contributed by atoms with E-state index in [0.717, 1.165) is 12.8 Å². The molecule has 1 aliphatic rings. The van der Waals surface area contributed by atoms with Crippen LogP contribution in [0.3, 0.4) is 0 Å². The molecule has 0 aromatic heterocycles. The van der Waals surface area contributed by atoms with Gasteiger partial charge in [-0.3, -0.25) is 53.6 Å². The van der Waals surface area contributed by atoms with Crippen LogP contribution in [0.15, 0.2) is 0 Å². The fourth-order valence-corrected chi connectivity index (χ4v) is 6.77. The molecular weight excluding hydrogens is 935 g/mol. The SMILES string of the molecule is CC1(N(CC=O)CC(=O)O)CN(CC(=O)O)CCN(C(CCC(=O)NCCOCCOCC(=O)NCCOCCOCOCNCCCCC(NOCCNOCCNOCCN)C(N)=O)C(=O)O)C1. The molecule has 1 fully saturated rings. The third kappa shape index (κ3) is 33.4. The van der Waals surface area contributed by atoms with Crippen LogP contribution in [-0.2, 0) is 71.8 Å². The van der Waals surface area contributed by atoms with E-state index >= 15 is 0 Å². The highest BCUT2D eigenvalue weighted by atomic mass is 16.7. The molecule has 406 valence electrons. The minimum absolute atomic E-state index is 0.0119. The normalized spacial score (nSPS) is 16.4. The maximum atomic E-state index is 12.6. The molecule has 3 atom stereocenters. The van der Waals surface area contributed by atoms with Crippen molar-refractivity contribution in [3.8, 4) is 0 Å².